The number of rotatable bonds is 2. The monoisotopic (exact) mass is 236 g/mol. The van der Waals surface area contributed by atoms with Gasteiger partial charge in [0.25, 0.3) is 0 Å². The van der Waals surface area contributed by atoms with Crippen LogP contribution >= 0.6 is 0 Å². The predicted octanol–water partition coefficient (Wildman–Crippen LogP) is 1.93. The smallest absolute Gasteiger partial charge is 0.229 e. The van der Waals surface area contributed by atoms with E-state index in [0.29, 0.717) is 18.2 Å². The largest absolute Gasteiger partial charge is 0.326 e. The van der Waals surface area contributed by atoms with E-state index in [1.54, 1.807) is 13.0 Å². The van der Waals surface area contributed by atoms with Crippen molar-refractivity contribution < 1.29 is 9.18 Å². The van der Waals surface area contributed by atoms with E-state index in [2.05, 4.69) is 17.6 Å². The quantitative estimate of drug-likeness (QED) is 0.823. The summed E-state index contributed by atoms with van der Waals surface area (Å²) in [5.41, 5.74) is 1.44. The van der Waals surface area contributed by atoms with E-state index in [4.69, 9.17) is 0 Å². The highest BCUT2D eigenvalue weighted by molar-refractivity contribution is 5.93. The maximum Gasteiger partial charge on any atom is 0.229 e. The topological polar surface area (TPSA) is 41.1 Å². The average Bonchev–Trinajstić information content (AvgIpc) is 2.68. The molecule has 1 heterocycles. The van der Waals surface area contributed by atoms with Crippen LogP contribution in [0.2, 0.25) is 0 Å². The summed E-state index contributed by atoms with van der Waals surface area (Å²) in [5, 5.41) is 6.06. The first-order valence-corrected chi connectivity index (χ1v) is 5.85. The van der Waals surface area contributed by atoms with Crippen molar-refractivity contribution in [2.45, 2.75) is 13.8 Å². The van der Waals surface area contributed by atoms with Gasteiger partial charge in [-0.2, -0.15) is 0 Å². The Balaban J connectivity index is 2.07. The fourth-order valence-electron chi connectivity index (χ4n) is 2.15. The van der Waals surface area contributed by atoms with Crippen molar-refractivity contribution >= 4 is 11.6 Å². The van der Waals surface area contributed by atoms with Gasteiger partial charge in [-0.3, -0.25) is 4.79 Å². The Labute approximate surface area is 100 Å². The van der Waals surface area contributed by atoms with Gasteiger partial charge in [0.15, 0.2) is 0 Å². The van der Waals surface area contributed by atoms with Gasteiger partial charge in [-0.15, -0.1) is 0 Å². The molecule has 3 nitrogen and oxygen atoms in total. The van der Waals surface area contributed by atoms with Crippen molar-refractivity contribution in [3.05, 3.63) is 29.6 Å². The Morgan fingerprint density at radius 1 is 1.47 bits per heavy atom. The SMILES string of the molecule is Cc1cc(F)ccc1NC(=O)[C@@H]1CNC[C@H]1C. The highest BCUT2D eigenvalue weighted by Gasteiger charge is 2.29. The first kappa shape index (κ1) is 12.0. The fraction of sp³-hybridized carbons (Fsp3) is 0.462. The van der Waals surface area contributed by atoms with Gasteiger partial charge < -0.3 is 10.6 Å². The zero-order chi connectivity index (χ0) is 12.4. The highest BCUT2D eigenvalue weighted by Crippen LogP contribution is 2.20. The summed E-state index contributed by atoms with van der Waals surface area (Å²) >= 11 is 0. The van der Waals surface area contributed by atoms with Crippen molar-refractivity contribution in [3.63, 3.8) is 0 Å². The second-order valence-electron chi connectivity index (χ2n) is 4.69. The molecule has 1 aliphatic heterocycles. The molecule has 1 aliphatic rings. The van der Waals surface area contributed by atoms with Crippen LogP contribution in [0.15, 0.2) is 18.2 Å². The van der Waals surface area contributed by atoms with Gasteiger partial charge in [0, 0.05) is 12.2 Å². The number of hydrogen-bond acceptors (Lipinski definition) is 2. The molecule has 92 valence electrons. The zero-order valence-electron chi connectivity index (χ0n) is 10.1. The van der Waals surface area contributed by atoms with E-state index in [1.807, 2.05) is 0 Å². The Morgan fingerprint density at radius 3 is 2.82 bits per heavy atom. The highest BCUT2D eigenvalue weighted by atomic mass is 19.1. The second-order valence-corrected chi connectivity index (χ2v) is 4.69. The zero-order valence-corrected chi connectivity index (χ0v) is 10.1. The molecule has 17 heavy (non-hydrogen) atoms. The minimum absolute atomic E-state index is 0.000506. The van der Waals surface area contributed by atoms with Crippen LogP contribution in [0.3, 0.4) is 0 Å². The number of carbonyl (C=O) groups excluding carboxylic acids is 1. The second kappa shape index (κ2) is 4.84. The van der Waals surface area contributed by atoms with Gasteiger partial charge in [-0.25, -0.2) is 4.39 Å². The summed E-state index contributed by atoms with van der Waals surface area (Å²) in [6.45, 7) is 5.44. The lowest BCUT2D eigenvalue weighted by Gasteiger charge is -2.15. The lowest BCUT2D eigenvalue weighted by atomic mass is 9.97. The van der Waals surface area contributed by atoms with Crippen LogP contribution in [0.25, 0.3) is 0 Å². The Hall–Kier alpha value is -1.42. The minimum atomic E-state index is -0.281. The molecule has 1 fully saturated rings. The minimum Gasteiger partial charge on any atom is -0.326 e. The molecule has 2 rings (SSSR count). The van der Waals surface area contributed by atoms with Gasteiger partial charge >= 0.3 is 0 Å². The number of benzene rings is 1. The standard InChI is InChI=1S/C13H17FN2O/c1-8-5-10(14)3-4-12(8)16-13(17)11-7-15-6-9(11)2/h3-5,9,11,15H,6-7H2,1-2H3,(H,16,17)/t9-,11-/m1/s1. The van der Waals surface area contributed by atoms with Gasteiger partial charge in [-0.05, 0) is 43.1 Å². The Kier molecular flexibility index (Phi) is 3.43. The molecule has 1 amide bonds. The fourth-order valence-corrected chi connectivity index (χ4v) is 2.15. The summed E-state index contributed by atoms with van der Waals surface area (Å²) in [5.74, 6) is 0.0730. The van der Waals surface area contributed by atoms with Crippen LogP contribution < -0.4 is 10.6 Å². The first-order chi connectivity index (χ1) is 8.08. The molecule has 1 aromatic carbocycles. The third-order valence-corrected chi connectivity index (χ3v) is 3.30. The summed E-state index contributed by atoms with van der Waals surface area (Å²) < 4.78 is 12.9. The number of carbonyl (C=O) groups is 1. The molecule has 0 bridgehead atoms. The molecular formula is C13H17FN2O. The third-order valence-electron chi connectivity index (χ3n) is 3.30. The van der Waals surface area contributed by atoms with Crippen molar-refractivity contribution in [2.75, 3.05) is 18.4 Å². The van der Waals surface area contributed by atoms with Crippen LogP contribution in [0.4, 0.5) is 10.1 Å². The Morgan fingerprint density at radius 2 is 2.24 bits per heavy atom. The van der Waals surface area contributed by atoms with Crippen LogP contribution in [-0.4, -0.2) is 19.0 Å². The number of anilines is 1. The molecule has 4 heteroatoms. The summed E-state index contributed by atoms with van der Waals surface area (Å²) in [4.78, 5) is 12.0. The van der Waals surface area contributed by atoms with Crippen LogP contribution in [0.5, 0.6) is 0 Å². The number of amides is 1. The first-order valence-electron chi connectivity index (χ1n) is 5.85. The van der Waals surface area contributed by atoms with Crippen molar-refractivity contribution in [2.24, 2.45) is 11.8 Å². The summed E-state index contributed by atoms with van der Waals surface area (Å²) in [7, 11) is 0. The van der Waals surface area contributed by atoms with E-state index in [1.165, 1.54) is 12.1 Å². The number of halogens is 1. The van der Waals surface area contributed by atoms with Crippen molar-refractivity contribution in [3.8, 4) is 0 Å². The molecule has 0 unspecified atom stereocenters. The van der Waals surface area contributed by atoms with E-state index in [9.17, 15) is 9.18 Å². The van der Waals surface area contributed by atoms with E-state index >= 15 is 0 Å². The van der Waals surface area contributed by atoms with Crippen molar-refractivity contribution in [1.29, 1.82) is 0 Å². The van der Waals surface area contributed by atoms with E-state index < -0.39 is 0 Å². The molecule has 1 saturated heterocycles. The number of nitrogens with one attached hydrogen (secondary N) is 2. The predicted molar refractivity (Wildman–Crippen MR) is 65.3 cm³/mol. The maximum absolute atomic E-state index is 12.9. The molecular weight excluding hydrogens is 219 g/mol. The average molecular weight is 236 g/mol. The molecule has 1 aromatic rings. The molecule has 0 aliphatic carbocycles. The van der Waals surface area contributed by atoms with Gasteiger partial charge in [0.2, 0.25) is 5.91 Å². The van der Waals surface area contributed by atoms with Crippen molar-refractivity contribution in [1.82, 2.24) is 5.32 Å². The normalized spacial score (nSPS) is 23.7. The molecule has 0 spiro atoms. The number of aryl methyl sites for hydroxylation is 1. The van der Waals surface area contributed by atoms with Gasteiger partial charge in [-0.1, -0.05) is 6.92 Å². The molecule has 0 saturated carbocycles. The molecule has 2 atom stereocenters. The van der Waals surface area contributed by atoms with Crippen LogP contribution in [0, 0.1) is 24.6 Å². The maximum atomic E-state index is 12.9. The van der Waals surface area contributed by atoms with Gasteiger partial charge in [0.1, 0.15) is 5.82 Å². The number of hydrogen-bond donors (Lipinski definition) is 2. The van der Waals surface area contributed by atoms with E-state index in [0.717, 1.165) is 12.1 Å². The summed E-state index contributed by atoms with van der Waals surface area (Å²) in [6.07, 6.45) is 0. The van der Waals surface area contributed by atoms with Crippen LogP contribution in [-0.2, 0) is 4.79 Å². The summed E-state index contributed by atoms with van der Waals surface area (Å²) in [6, 6.07) is 4.39. The molecule has 0 radical (unpaired) electrons. The lowest BCUT2D eigenvalue weighted by molar-refractivity contribution is -0.120. The molecule has 2 N–H and O–H groups in total. The third kappa shape index (κ3) is 2.64. The van der Waals surface area contributed by atoms with E-state index in [-0.39, 0.29) is 17.6 Å². The lowest BCUT2D eigenvalue weighted by Crippen LogP contribution is -2.28. The van der Waals surface area contributed by atoms with Gasteiger partial charge in [0.05, 0.1) is 5.92 Å². The van der Waals surface area contributed by atoms with Crippen LogP contribution in [0.1, 0.15) is 12.5 Å². The molecule has 0 aromatic heterocycles. The Bertz CT molecular complexity index is 433.